The molecule has 4 unspecified atom stereocenters. The van der Waals surface area contributed by atoms with Crippen molar-refractivity contribution in [2.45, 2.75) is 90.4 Å². The molecule has 2 aromatic carbocycles. The van der Waals surface area contributed by atoms with Crippen LogP contribution in [-0.4, -0.2) is 0 Å². The van der Waals surface area contributed by atoms with Crippen LogP contribution in [0, 0.1) is 35.2 Å². The third-order valence-corrected chi connectivity index (χ3v) is 8.17. The zero-order chi connectivity index (χ0) is 22.7. The Hall–Kier alpha value is -1.77. The molecule has 3 heteroatoms. The van der Waals surface area contributed by atoms with Crippen LogP contribution in [0.3, 0.4) is 0 Å². The molecule has 0 aliphatic heterocycles. The first kappa shape index (κ1) is 23.4. The van der Waals surface area contributed by atoms with Gasteiger partial charge in [-0.05, 0) is 98.1 Å². The zero-order valence-electron chi connectivity index (χ0n) is 19.6. The van der Waals surface area contributed by atoms with E-state index in [2.05, 4.69) is 6.92 Å². The van der Waals surface area contributed by atoms with E-state index in [1.165, 1.54) is 38.5 Å². The fourth-order valence-electron chi connectivity index (χ4n) is 6.38. The van der Waals surface area contributed by atoms with Crippen molar-refractivity contribution < 1.29 is 13.2 Å². The Morgan fingerprint density at radius 1 is 0.938 bits per heavy atom. The number of rotatable bonds is 7. The van der Waals surface area contributed by atoms with Crippen molar-refractivity contribution in [3.63, 3.8) is 0 Å². The van der Waals surface area contributed by atoms with Crippen molar-refractivity contribution in [3.8, 4) is 0 Å². The predicted octanol–water partition coefficient (Wildman–Crippen LogP) is 9.26. The van der Waals surface area contributed by atoms with E-state index in [0.717, 1.165) is 31.1 Å². The highest BCUT2D eigenvalue weighted by Crippen LogP contribution is 2.49. The van der Waals surface area contributed by atoms with E-state index in [0.29, 0.717) is 35.3 Å². The Balaban J connectivity index is 1.53. The van der Waals surface area contributed by atoms with Crippen LogP contribution < -0.4 is 0 Å². The van der Waals surface area contributed by atoms with Crippen LogP contribution in [0.5, 0.6) is 0 Å². The number of benzene rings is 2. The molecule has 0 aromatic heterocycles. The van der Waals surface area contributed by atoms with Gasteiger partial charge in [-0.1, -0.05) is 56.9 Å². The number of hydrogen-bond acceptors (Lipinski definition) is 0. The Bertz CT molecular complexity index is 961. The van der Waals surface area contributed by atoms with E-state index in [1.807, 2.05) is 25.1 Å². The van der Waals surface area contributed by atoms with Crippen molar-refractivity contribution in [2.75, 3.05) is 0 Å². The van der Waals surface area contributed by atoms with Crippen molar-refractivity contribution in [3.05, 3.63) is 58.9 Å². The van der Waals surface area contributed by atoms with Gasteiger partial charge in [0.05, 0.1) is 5.39 Å². The lowest BCUT2D eigenvalue weighted by molar-refractivity contribution is 0.113. The lowest BCUT2D eigenvalue weighted by Crippen LogP contribution is -2.30. The second kappa shape index (κ2) is 10.4. The molecule has 0 nitrogen and oxygen atoms in total. The van der Waals surface area contributed by atoms with Gasteiger partial charge in [-0.2, -0.15) is 0 Å². The lowest BCUT2D eigenvalue weighted by Gasteiger charge is -2.42. The van der Waals surface area contributed by atoms with Crippen LogP contribution in [0.2, 0.25) is 0 Å². The molecule has 174 valence electrons. The molecule has 0 amide bonds. The summed E-state index contributed by atoms with van der Waals surface area (Å²) in [5, 5.41) is 0.297. The summed E-state index contributed by atoms with van der Waals surface area (Å²) in [5.74, 6) is -0.0703. The van der Waals surface area contributed by atoms with Crippen LogP contribution >= 0.6 is 0 Å². The van der Waals surface area contributed by atoms with Gasteiger partial charge in [-0.3, -0.25) is 0 Å². The summed E-state index contributed by atoms with van der Waals surface area (Å²) >= 11 is 0. The maximum atomic E-state index is 15.5. The highest BCUT2D eigenvalue weighted by Gasteiger charge is 2.36. The van der Waals surface area contributed by atoms with Gasteiger partial charge >= 0.3 is 0 Å². The van der Waals surface area contributed by atoms with Gasteiger partial charge in [-0.15, -0.1) is 0 Å². The highest BCUT2D eigenvalue weighted by atomic mass is 19.2. The van der Waals surface area contributed by atoms with E-state index in [4.69, 9.17) is 0 Å². The number of allylic oxidation sites excluding steroid dienone is 2. The second-order valence-electron chi connectivity index (χ2n) is 10.2. The van der Waals surface area contributed by atoms with Crippen LogP contribution in [0.15, 0.2) is 30.4 Å². The third-order valence-electron chi connectivity index (χ3n) is 8.17. The van der Waals surface area contributed by atoms with Crippen LogP contribution in [-0.2, 0) is 6.42 Å². The largest absolute Gasteiger partial charge is 0.206 e. The summed E-state index contributed by atoms with van der Waals surface area (Å²) in [6.45, 7) is 4.16. The first-order valence-corrected chi connectivity index (χ1v) is 12.7. The summed E-state index contributed by atoms with van der Waals surface area (Å²) in [6, 6.07) is 5.25. The van der Waals surface area contributed by atoms with Crippen LogP contribution in [0.25, 0.3) is 10.8 Å². The lowest BCUT2D eigenvalue weighted by atomic mass is 9.63. The number of fused-ring (bicyclic) bond motifs is 2. The van der Waals surface area contributed by atoms with Crippen molar-refractivity contribution in [1.82, 2.24) is 0 Å². The molecule has 0 bridgehead atoms. The Kier molecular flexibility index (Phi) is 7.63. The molecule has 0 N–H and O–H groups in total. The molecule has 0 saturated heterocycles. The average molecular weight is 443 g/mol. The van der Waals surface area contributed by atoms with Gasteiger partial charge in [0.2, 0.25) is 0 Å². The minimum atomic E-state index is -1.03. The number of halogens is 3. The van der Waals surface area contributed by atoms with Gasteiger partial charge in [0.1, 0.15) is 5.82 Å². The Labute approximate surface area is 191 Å². The molecule has 2 fully saturated rings. The Morgan fingerprint density at radius 3 is 2.50 bits per heavy atom. The molecular formula is C29H37F3. The smallest absolute Gasteiger partial charge is 0.169 e. The monoisotopic (exact) mass is 442 g/mol. The van der Waals surface area contributed by atoms with Gasteiger partial charge in [0.15, 0.2) is 11.6 Å². The van der Waals surface area contributed by atoms with E-state index in [9.17, 15) is 8.78 Å². The number of unbranched alkanes of at least 4 members (excludes halogenated alkanes) is 1. The summed E-state index contributed by atoms with van der Waals surface area (Å²) in [4.78, 5) is 0. The normalized spacial score (nSPS) is 26.0. The van der Waals surface area contributed by atoms with Gasteiger partial charge in [-0.25, -0.2) is 13.2 Å². The maximum absolute atomic E-state index is 15.5. The molecule has 2 saturated carbocycles. The summed E-state index contributed by atoms with van der Waals surface area (Å²) in [5.41, 5.74) is 0.907. The second-order valence-corrected chi connectivity index (χ2v) is 10.2. The number of aryl methyl sites for hydroxylation is 1. The molecule has 0 heterocycles. The van der Waals surface area contributed by atoms with E-state index in [-0.39, 0.29) is 11.3 Å². The molecule has 2 aliphatic carbocycles. The van der Waals surface area contributed by atoms with Gasteiger partial charge in [0, 0.05) is 0 Å². The summed E-state index contributed by atoms with van der Waals surface area (Å²) in [7, 11) is 0. The van der Waals surface area contributed by atoms with E-state index >= 15 is 4.39 Å². The topological polar surface area (TPSA) is 0 Å². The fraction of sp³-hybridized carbons (Fsp3) is 0.586. The molecule has 4 atom stereocenters. The van der Waals surface area contributed by atoms with Gasteiger partial charge in [0.25, 0.3) is 0 Å². The van der Waals surface area contributed by atoms with Crippen molar-refractivity contribution >= 4 is 10.8 Å². The van der Waals surface area contributed by atoms with E-state index < -0.39 is 17.5 Å². The summed E-state index contributed by atoms with van der Waals surface area (Å²) < 4.78 is 45.2. The highest BCUT2D eigenvalue weighted by molar-refractivity contribution is 5.85. The molecule has 2 aliphatic rings. The first-order valence-electron chi connectivity index (χ1n) is 12.7. The minimum Gasteiger partial charge on any atom is -0.206 e. The quantitative estimate of drug-likeness (QED) is 0.375. The zero-order valence-corrected chi connectivity index (χ0v) is 19.6. The van der Waals surface area contributed by atoms with E-state index in [1.54, 1.807) is 12.1 Å². The third kappa shape index (κ3) is 4.77. The van der Waals surface area contributed by atoms with Crippen molar-refractivity contribution in [2.24, 2.45) is 17.8 Å². The maximum Gasteiger partial charge on any atom is 0.169 e. The molecule has 0 spiro atoms. The molecule has 32 heavy (non-hydrogen) atoms. The molecule has 2 aromatic rings. The Morgan fingerprint density at radius 2 is 1.72 bits per heavy atom. The predicted molar refractivity (Wildman–Crippen MR) is 127 cm³/mol. The number of hydrogen-bond donors (Lipinski definition) is 0. The fourth-order valence-corrected chi connectivity index (χ4v) is 6.38. The molecule has 0 radical (unpaired) electrons. The average Bonchev–Trinajstić information content (AvgIpc) is 2.80. The SMILES string of the molecule is C/C=C/CCc1cc2ccc(C3CCC4CC(CCCC)CCC4C3)c(F)c2c(F)c1F. The van der Waals surface area contributed by atoms with Crippen LogP contribution in [0.1, 0.15) is 95.1 Å². The van der Waals surface area contributed by atoms with Gasteiger partial charge < -0.3 is 0 Å². The standard InChI is InChI=1S/C29H37F3/c1-3-5-7-9-24-18-23-14-15-25(28(31)26(23)29(32)27(24)30)22-13-12-20-16-19(8-6-4-2)10-11-21(20)17-22/h3,5,14-15,18-22H,4,6-13,16-17H2,1-2H3/b5-3+. The first-order chi connectivity index (χ1) is 15.5. The summed E-state index contributed by atoms with van der Waals surface area (Å²) in [6.07, 6.45) is 15.8. The van der Waals surface area contributed by atoms with Crippen LogP contribution in [0.4, 0.5) is 13.2 Å². The molecular weight excluding hydrogens is 405 g/mol. The molecule has 4 rings (SSSR count). The van der Waals surface area contributed by atoms with Crippen molar-refractivity contribution in [1.29, 1.82) is 0 Å². The minimum absolute atomic E-state index is 0.115.